The third kappa shape index (κ3) is 2.14. The second-order valence-electron chi connectivity index (χ2n) is 4.35. The van der Waals surface area contributed by atoms with Gasteiger partial charge in [-0.1, -0.05) is 0 Å². The van der Waals surface area contributed by atoms with Gasteiger partial charge < -0.3 is 4.98 Å². The van der Waals surface area contributed by atoms with Gasteiger partial charge in [-0.15, -0.1) is 0 Å². The van der Waals surface area contributed by atoms with E-state index in [0.717, 1.165) is 0 Å². The Morgan fingerprint density at radius 1 is 1.00 bits per heavy atom. The molecule has 100 valence electrons. The summed E-state index contributed by atoms with van der Waals surface area (Å²) in [5, 5.41) is 0.632. The van der Waals surface area contributed by atoms with Crippen LogP contribution in [0.2, 0.25) is 0 Å². The number of aromatic nitrogens is 1. The third-order valence-electron chi connectivity index (χ3n) is 3.06. The number of halogens is 3. The Balaban J connectivity index is 2.13. The monoisotopic (exact) mass is 335 g/mol. The topological polar surface area (TPSA) is 32.9 Å². The number of ketones is 1. The van der Waals surface area contributed by atoms with E-state index in [9.17, 15) is 13.6 Å². The van der Waals surface area contributed by atoms with Crippen LogP contribution in [0.3, 0.4) is 0 Å². The molecule has 0 bridgehead atoms. The summed E-state index contributed by atoms with van der Waals surface area (Å²) in [6, 6.07) is 8.06. The average molecular weight is 336 g/mol. The van der Waals surface area contributed by atoms with Crippen LogP contribution in [0, 0.1) is 11.6 Å². The zero-order valence-electron chi connectivity index (χ0n) is 10.1. The summed E-state index contributed by atoms with van der Waals surface area (Å²) in [5.74, 6) is -1.05. The molecule has 2 aromatic carbocycles. The first-order chi connectivity index (χ1) is 9.56. The number of aromatic amines is 1. The SMILES string of the molecule is O=C(c1ccc(F)cc1Br)c1c[nH]c2cc(F)ccc12. The molecule has 1 aromatic heterocycles. The summed E-state index contributed by atoms with van der Waals surface area (Å²) in [7, 11) is 0. The van der Waals surface area contributed by atoms with Crippen molar-refractivity contribution < 1.29 is 13.6 Å². The van der Waals surface area contributed by atoms with Crippen LogP contribution < -0.4 is 0 Å². The maximum absolute atomic E-state index is 13.1. The minimum absolute atomic E-state index is 0.255. The second kappa shape index (κ2) is 4.83. The van der Waals surface area contributed by atoms with Crippen LogP contribution in [-0.4, -0.2) is 10.8 Å². The third-order valence-corrected chi connectivity index (χ3v) is 3.72. The standard InChI is InChI=1S/C15H8BrF2NO/c16-13-5-8(17)2-4-11(13)15(20)12-7-19-14-6-9(18)1-3-10(12)14/h1-7,19H. The maximum Gasteiger partial charge on any atom is 0.196 e. The normalized spacial score (nSPS) is 10.9. The van der Waals surface area contributed by atoms with E-state index in [1.54, 1.807) is 6.07 Å². The summed E-state index contributed by atoms with van der Waals surface area (Å²) in [6.45, 7) is 0. The molecule has 3 rings (SSSR count). The van der Waals surface area contributed by atoms with Gasteiger partial charge in [0.15, 0.2) is 5.78 Å². The Kier molecular flexibility index (Phi) is 3.14. The number of fused-ring (bicyclic) bond motifs is 1. The van der Waals surface area contributed by atoms with Gasteiger partial charge in [-0.3, -0.25) is 4.79 Å². The molecule has 3 aromatic rings. The van der Waals surface area contributed by atoms with Crippen LogP contribution in [0.15, 0.2) is 47.1 Å². The molecule has 0 aliphatic rings. The van der Waals surface area contributed by atoms with Gasteiger partial charge in [0, 0.05) is 32.7 Å². The zero-order valence-corrected chi connectivity index (χ0v) is 11.7. The fourth-order valence-electron chi connectivity index (χ4n) is 2.10. The lowest BCUT2D eigenvalue weighted by molar-refractivity contribution is 0.103. The summed E-state index contributed by atoms with van der Waals surface area (Å²) in [6.07, 6.45) is 1.53. The van der Waals surface area contributed by atoms with Crippen LogP contribution in [0.25, 0.3) is 10.9 Å². The molecule has 0 atom stereocenters. The van der Waals surface area contributed by atoms with Crippen molar-refractivity contribution in [3.05, 3.63) is 69.8 Å². The molecule has 0 spiro atoms. The summed E-state index contributed by atoms with van der Waals surface area (Å²) in [5.41, 5.74) is 1.33. The number of hydrogen-bond acceptors (Lipinski definition) is 1. The molecule has 0 amide bonds. The Morgan fingerprint density at radius 2 is 1.70 bits per heavy atom. The van der Waals surface area contributed by atoms with E-state index in [2.05, 4.69) is 20.9 Å². The molecule has 20 heavy (non-hydrogen) atoms. The minimum atomic E-state index is -0.422. The van der Waals surface area contributed by atoms with Crippen molar-refractivity contribution in [1.82, 2.24) is 4.98 Å². The number of nitrogens with one attached hydrogen (secondary N) is 1. The van der Waals surface area contributed by atoms with E-state index in [4.69, 9.17) is 0 Å². The quantitative estimate of drug-likeness (QED) is 0.690. The van der Waals surface area contributed by atoms with Crippen LogP contribution in [0.5, 0.6) is 0 Å². The van der Waals surface area contributed by atoms with Gasteiger partial charge in [0.05, 0.1) is 0 Å². The summed E-state index contributed by atoms with van der Waals surface area (Å²) in [4.78, 5) is 15.3. The van der Waals surface area contributed by atoms with Crippen molar-refractivity contribution in [1.29, 1.82) is 0 Å². The van der Waals surface area contributed by atoms with E-state index in [0.29, 0.717) is 26.5 Å². The molecule has 0 radical (unpaired) electrons. The van der Waals surface area contributed by atoms with E-state index >= 15 is 0 Å². The molecule has 0 saturated heterocycles. The fraction of sp³-hybridized carbons (Fsp3) is 0. The molecule has 1 heterocycles. The molecule has 0 saturated carbocycles. The summed E-state index contributed by atoms with van der Waals surface area (Å²) < 4.78 is 26.6. The maximum atomic E-state index is 13.1. The van der Waals surface area contributed by atoms with Gasteiger partial charge in [0.2, 0.25) is 0 Å². The molecule has 2 nitrogen and oxygen atoms in total. The molecule has 0 aliphatic heterocycles. The predicted octanol–water partition coefficient (Wildman–Crippen LogP) is 4.44. The van der Waals surface area contributed by atoms with Crippen LogP contribution >= 0.6 is 15.9 Å². The minimum Gasteiger partial charge on any atom is -0.360 e. The van der Waals surface area contributed by atoms with Crippen LogP contribution in [0.1, 0.15) is 15.9 Å². The van der Waals surface area contributed by atoms with Gasteiger partial charge in [-0.2, -0.15) is 0 Å². The largest absolute Gasteiger partial charge is 0.360 e. The smallest absolute Gasteiger partial charge is 0.196 e. The highest BCUT2D eigenvalue weighted by molar-refractivity contribution is 9.10. The molecule has 5 heteroatoms. The van der Waals surface area contributed by atoms with Gasteiger partial charge in [-0.05, 0) is 52.3 Å². The fourth-order valence-corrected chi connectivity index (χ4v) is 2.64. The first-order valence-electron chi connectivity index (χ1n) is 5.82. The predicted molar refractivity (Wildman–Crippen MR) is 75.8 cm³/mol. The number of benzene rings is 2. The van der Waals surface area contributed by atoms with Crippen molar-refractivity contribution in [2.75, 3.05) is 0 Å². The average Bonchev–Trinajstić information content (AvgIpc) is 2.80. The highest BCUT2D eigenvalue weighted by Gasteiger charge is 2.17. The number of hydrogen-bond donors (Lipinski definition) is 1. The van der Waals surface area contributed by atoms with Gasteiger partial charge in [0.1, 0.15) is 11.6 Å². The lowest BCUT2D eigenvalue weighted by atomic mass is 10.0. The summed E-state index contributed by atoms with van der Waals surface area (Å²) >= 11 is 3.18. The Morgan fingerprint density at radius 3 is 2.45 bits per heavy atom. The molecular weight excluding hydrogens is 328 g/mol. The van der Waals surface area contributed by atoms with Gasteiger partial charge in [-0.25, -0.2) is 8.78 Å². The van der Waals surface area contributed by atoms with Crippen molar-refractivity contribution in [2.24, 2.45) is 0 Å². The number of rotatable bonds is 2. The molecule has 0 fully saturated rings. The van der Waals surface area contributed by atoms with Crippen molar-refractivity contribution >= 4 is 32.6 Å². The van der Waals surface area contributed by atoms with Crippen LogP contribution in [0.4, 0.5) is 8.78 Å². The van der Waals surface area contributed by atoms with Crippen molar-refractivity contribution in [3.63, 3.8) is 0 Å². The van der Waals surface area contributed by atoms with E-state index < -0.39 is 5.82 Å². The van der Waals surface area contributed by atoms with E-state index in [-0.39, 0.29) is 11.6 Å². The number of carbonyl (C=O) groups is 1. The Labute approximate surface area is 121 Å². The van der Waals surface area contributed by atoms with Gasteiger partial charge >= 0.3 is 0 Å². The lowest BCUT2D eigenvalue weighted by Gasteiger charge is -2.03. The van der Waals surface area contributed by atoms with Crippen molar-refractivity contribution in [2.45, 2.75) is 0 Å². The molecular formula is C15H8BrF2NO. The highest BCUT2D eigenvalue weighted by Crippen LogP contribution is 2.26. The lowest BCUT2D eigenvalue weighted by Crippen LogP contribution is -2.01. The van der Waals surface area contributed by atoms with Gasteiger partial charge in [0.25, 0.3) is 0 Å². The molecule has 0 unspecified atom stereocenters. The first-order valence-corrected chi connectivity index (χ1v) is 6.62. The molecule has 0 aliphatic carbocycles. The second-order valence-corrected chi connectivity index (χ2v) is 5.20. The Bertz CT molecular complexity index is 826. The number of carbonyl (C=O) groups excluding carboxylic acids is 1. The van der Waals surface area contributed by atoms with E-state index in [1.807, 2.05) is 0 Å². The van der Waals surface area contributed by atoms with Crippen molar-refractivity contribution in [3.8, 4) is 0 Å². The Hall–Kier alpha value is -2.01. The first kappa shape index (κ1) is 13.0. The van der Waals surface area contributed by atoms with Crippen LogP contribution in [-0.2, 0) is 0 Å². The zero-order chi connectivity index (χ0) is 14.3. The van der Waals surface area contributed by atoms with E-state index in [1.165, 1.54) is 36.5 Å². The molecule has 1 N–H and O–H groups in total. The number of H-pyrrole nitrogens is 1. The highest BCUT2D eigenvalue weighted by atomic mass is 79.9.